The lowest BCUT2D eigenvalue weighted by Crippen LogP contribution is -2.13. The molecule has 1 unspecified atom stereocenters. The van der Waals surface area contributed by atoms with Crippen molar-refractivity contribution < 1.29 is 5.11 Å². The summed E-state index contributed by atoms with van der Waals surface area (Å²) in [6, 6.07) is 16.4. The topological polar surface area (TPSA) is 32.3 Å². The molecule has 2 N–H and O–H groups in total. The van der Waals surface area contributed by atoms with Crippen molar-refractivity contribution in [1.29, 1.82) is 0 Å². The van der Waals surface area contributed by atoms with Gasteiger partial charge in [0, 0.05) is 12.2 Å². The number of aryl methyl sites for hydroxylation is 1. The minimum atomic E-state index is -0.485. The first-order valence-electron chi connectivity index (χ1n) is 7.15. The van der Waals surface area contributed by atoms with Gasteiger partial charge in [-0.3, -0.25) is 0 Å². The molecule has 0 heterocycles. The molecule has 0 radical (unpaired) electrons. The van der Waals surface area contributed by atoms with Crippen molar-refractivity contribution in [2.24, 2.45) is 0 Å². The van der Waals surface area contributed by atoms with E-state index in [-0.39, 0.29) is 0 Å². The summed E-state index contributed by atoms with van der Waals surface area (Å²) in [5.41, 5.74) is 4.48. The first-order chi connectivity index (χ1) is 9.58. The summed E-state index contributed by atoms with van der Waals surface area (Å²) < 4.78 is 0. The fourth-order valence-corrected chi connectivity index (χ4v) is 2.27. The third-order valence-corrected chi connectivity index (χ3v) is 3.62. The van der Waals surface area contributed by atoms with Gasteiger partial charge in [0.25, 0.3) is 0 Å². The second kappa shape index (κ2) is 6.58. The van der Waals surface area contributed by atoms with Gasteiger partial charge in [0.05, 0.1) is 6.10 Å². The van der Waals surface area contributed by atoms with E-state index in [0.717, 1.165) is 16.8 Å². The van der Waals surface area contributed by atoms with Crippen LogP contribution < -0.4 is 5.32 Å². The molecule has 0 aliphatic heterocycles. The highest BCUT2D eigenvalue weighted by Gasteiger charge is 2.09. The van der Waals surface area contributed by atoms with Gasteiger partial charge in [-0.05, 0) is 41.7 Å². The molecule has 2 aromatic rings. The van der Waals surface area contributed by atoms with Crippen LogP contribution in [-0.4, -0.2) is 11.7 Å². The second-order valence-corrected chi connectivity index (χ2v) is 5.53. The Kier molecular flexibility index (Phi) is 4.80. The molecule has 2 aromatic carbocycles. The van der Waals surface area contributed by atoms with Crippen LogP contribution in [0.4, 0.5) is 5.69 Å². The zero-order chi connectivity index (χ0) is 14.5. The number of rotatable bonds is 5. The molecule has 0 aliphatic rings. The van der Waals surface area contributed by atoms with E-state index in [1.807, 2.05) is 31.2 Å². The number of hydrogen-bond acceptors (Lipinski definition) is 2. The van der Waals surface area contributed by atoms with Crippen LogP contribution in [0.2, 0.25) is 0 Å². The average Bonchev–Trinajstić information content (AvgIpc) is 2.45. The molecule has 2 nitrogen and oxygen atoms in total. The highest BCUT2D eigenvalue weighted by Crippen LogP contribution is 2.20. The third-order valence-electron chi connectivity index (χ3n) is 3.62. The normalized spacial score (nSPS) is 12.4. The Morgan fingerprint density at radius 1 is 1.00 bits per heavy atom. The zero-order valence-corrected chi connectivity index (χ0v) is 12.4. The number of aliphatic hydroxyl groups excluding tert-OH is 1. The number of aliphatic hydroxyl groups is 1. The van der Waals surface area contributed by atoms with Gasteiger partial charge in [0.15, 0.2) is 0 Å². The van der Waals surface area contributed by atoms with Gasteiger partial charge in [-0.25, -0.2) is 0 Å². The van der Waals surface area contributed by atoms with E-state index in [4.69, 9.17) is 0 Å². The van der Waals surface area contributed by atoms with Crippen LogP contribution in [0.25, 0.3) is 0 Å². The number of nitrogens with one attached hydrogen (secondary N) is 1. The van der Waals surface area contributed by atoms with Gasteiger partial charge in [-0.15, -0.1) is 0 Å². The van der Waals surface area contributed by atoms with E-state index in [1.54, 1.807) is 0 Å². The monoisotopic (exact) mass is 269 g/mol. The van der Waals surface area contributed by atoms with Crippen molar-refractivity contribution in [2.75, 3.05) is 11.9 Å². The molecular formula is C18H23NO. The molecule has 2 heteroatoms. The summed E-state index contributed by atoms with van der Waals surface area (Å²) >= 11 is 0. The van der Waals surface area contributed by atoms with Crippen LogP contribution >= 0.6 is 0 Å². The van der Waals surface area contributed by atoms with E-state index < -0.39 is 6.10 Å². The van der Waals surface area contributed by atoms with Crippen molar-refractivity contribution in [3.05, 3.63) is 65.2 Å². The molecule has 106 valence electrons. The fourth-order valence-electron chi connectivity index (χ4n) is 2.27. The largest absolute Gasteiger partial charge is 0.387 e. The van der Waals surface area contributed by atoms with E-state index in [2.05, 4.69) is 43.4 Å². The van der Waals surface area contributed by atoms with Crippen LogP contribution in [0.15, 0.2) is 48.5 Å². The molecule has 0 saturated carbocycles. The summed E-state index contributed by atoms with van der Waals surface area (Å²) in [5.74, 6) is 0.543. The Morgan fingerprint density at radius 2 is 1.65 bits per heavy atom. The predicted octanol–water partition coefficient (Wildman–Crippen LogP) is 4.26. The summed E-state index contributed by atoms with van der Waals surface area (Å²) in [6.07, 6.45) is -0.485. The standard InChI is InChI=1S/C18H23NO/c1-13(2)15-8-10-16(11-9-15)19-12-18(20)17-7-5-4-6-14(17)3/h4-11,13,18-20H,12H2,1-3H3. The molecule has 0 aliphatic carbocycles. The number of hydrogen-bond donors (Lipinski definition) is 2. The van der Waals surface area contributed by atoms with Crippen LogP contribution in [-0.2, 0) is 0 Å². The summed E-state index contributed by atoms with van der Waals surface area (Å²) in [6.45, 7) is 6.91. The van der Waals surface area contributed by atoms with Gasteiger partial charge < -0.3 is 10.4 Å². The van der Waals surface area contributed by atoms with E-state index in [9.17, 15) is 5.11 Å². The quantitative estimate of drug-likeness (QED) is 0.850. The first-order valence-corrected chi connectivity index (χ1v) is 7.15. The Bertz CT molecular complexity index is 546. The van der Waals surface area contributed by atoms with Crippen LogP contribution in [0.5, 0.6) is 0 Å². The van der Waals surface area contributed by atoms with Crippen molar-refractivity contribution in [2.45, 2.75) is 32.8 Å². The molecule has 0 bridgehead atoms. The Balaban J connectivity index is 1.96. The second-order valence-electron chi connectivity index (χ2n) is 5.53. The summed E-state index contributed by atoms with van der Waals surface area (Å²) in [4.78, 5) is 0. The highest BCUT2D eigenvalue weighted by molar-refractivity contribution is 5.45. The molecule has 1 atom stereocenters. The van der Waals surface area contributed by atoms with Crippen molar-refractivity contribution in [3.8, 4) is 0 Å². The van der Waals surface area contributed by atoms with Crippen LogP contribution in [0, 0.1) is 6.92 Å². The molecule has 0 fully saturated rings. The molecular weight excluding hydrogens is 246 g/mol. The average molecular weight is 269 g/mol. The first kappa shape index (κ1) is 14.6. The van der Waals surface area contributed by atoms with Crippen LogP contribution in [0.3, 0.4) is 0 Å². The van der Waals surface area contributed by atoms with Gasteiger partial charge in [0.2, 0.25) is 0 Å². The zero-order valence-electron chi connectivity index (χ0n) is 12.4. The molecule has 20 heavy (non-hydrogen) atoms. The minimum absolute atomic E-state index is 0.485. The van der Waals surface area contributed by atoms with Crippen molar-refractivity contribution in [3.63, 3.8) is 0 Å². The molecule has 0 saturated heterocycles. The summed E-state index contributed by atoms with van der Waals surface area (Å²) in [7, 11) is 0. The van der Waals surface area contributed by atoms with Crippen LogP contribution in [0.1, 0.15) is 42.6 Å². The maximum atomic E-state index is 10.2. The molecule has 2 rings (SSSR count). The van der Waals surface area contributed by atoms with Gasteiger partial charge in [-0.2, -0.15) is 0 Å². The van der Waals surface area contributed by atoms with Gasteiger partial charge in [-0.1, -0.05) is 50.2 Å². The van der Waals surface area contributed by atoms with Gasteiger partial charge in [0.1, 0.15) is 0 Å². The predicted molar refractivity (Wildman–Crippen MR) is 85.2 cm³/mol. The molecule has 0 amide bonds. The lowest BCUT2D eigenvalue weighted by Gasteiger charge is -2.15. The SMILES string of the molecule is Cc1ccccc1C(O)CNc1ccc(C(C)C)cc1. The fraction of sp³-hybridized carbons (Fsp3) is 0.333. The van der Waals surface area contributed by atoms with Crippen molar-refractivity contribution in [1.82, 2.24) is 0 Å². The number of benzene rings is 2. The maximum absolute atomic E-state index is 10.2. The number of anilines is 1. The van der Waals surface area contributed by atoms with Crippen molar-refractivity contribution >= 4 is 5.69 Å². The van der Waals surface area contributed by atoms with Gasteiger partial charge >= 0.3 is 0 Å². The lowest BCUT2D eigenvalue weighted by atomic mass is 10.0. The van der Waals surface area contributed by atoms with E-state index >= 15 is 0 Å². The molecule has 0 aromatic heterocycles. The van der Waals surface area contributed by atoms with E-state index in [0.29, 0.717) is 12.5 Å². The third kappa shape index (κ3) is 3.61. The Morgan fingerprint density at radius 3 is 2.25 bits per heavy atom. The lowest BCUT2D eigenvalue weighted by molar-refractivity contribution is 0.191. The smallest absolute Gasteiger partial charge is 0.0964 e. The van der Waals surface area contributed by atoms with E-state index in [1.165, 1.54) is 5.56 Å². The highest BCUT2D eigenvalue weighted by atomic mass is 16.3. The Labute approximate surface area is 121 Å². The Hall–Kier alpha value is -1.80. The summed E-state index contributed by atoms with van der Waals surface area (Å²) in [5, 5.41) is 13.5. The maximum Gasteiger partial charge on any atom is 0.0964 e. The minimum Gasteiger partial charge on any atom is -0.387 e. The molecule has 0 spiro atoms.